The van der Waals surface area contributed by atoms with Crippen LogP contribution in [0.3, 0.4) is 0 Å². The first-order valence-electron chi connectivity index (χ1n) is 9.39. The molecule has 0 unspecified atom stereocenters. The lowest BCUT2D eigenvalue weighted by Gasteiger charge is -2.42. The van der Waals surface area contributed by atoms with E-state index in [1.807, 2.05) is 24.3 Å². The summed E-state index contributed by atoms with van der Waals surface area (Å²) < 4.78 is 5.17. The molecule has 2 heterocycles. The van der Waals surface area contributed by atoms with Gasteiger partial charge in [-0.05, 0) is 43.9 Å². The number of likely N-dealkylation sites (N-methyl/N-ethyl adjacent to an activating group) is 1. The third-order valence-electron chi connectivity index (χ3n) is 6.14. The minimum Gasteiger partial charge on any atom is -0.497 e. The number of benzene rings is 1. The van der Waals surface area contributed by atoms with Gasteiger partial charge in [0, 0.05) is 26.2 Å². The summed E-state index contributed by atoms with van der Waals surface area (Å²) in [7, 11) is 3.39. The first-order chi connectivity index (χ1) is 12.4. The summed E-state index contributed by atoms with van der Waals surface area (Å²) in [6, 6.07) is 7.82. The van der Waals surface area contributed by atoms with Crippen molar-refractivity contribution in [2.24, 2.45) is 0 Å². The van der Waals surface area contributed by atoms with Crippen LogP contribution in [0.1, 0.15) is 38.7 Å². The largest absolute Gasteiger partial charge is 0.497 e. The van der Waals surface area contributed by atoms with E-state index in [4.69, 9.17) is 4.74 Å². The second kappa shape index (κ2) is 7.27. The fraction of sp³-hybridized carbons (Fsp3) is 0.600. The topological polar surface area (TPSA) is 53.1 Å². The van der Waals surface area contributed by atoms with Gasteiger partial charge in [-0.2, -0.15) is 0 Å². The van der Waals surface area contributed by atoms with Gasteiger partial charge in [0.25, 0.3) is 5.91 Å². The molecule has 6 heteroatoms. The predicted octanol–water partition coefficient (Wildman–Crippen LogP) is 2.72. The monoisotopic (exact) mass is 359 g/mol. The molecule has 0 N–H and O–H groups in total. The molecular formula is C20H29N3O3. The maximum absolute atomic E-state index is 13.2. The van der Waals surface area contributed by atoms with Crippen molar-refractivity contribution in [1.82, 2.24) is 14.7 Å². The van der Waals surface area contributed by atoms with Crippen LogP contribution in [0.2, 0.25) is 0 Å². The van der Waals surface area contributed by atoms with Crippen LogP contribution >= 0.6 is 0 Å². The fourth-order valence-electron chi connectivity index (χ4n) is 4.04. The van der Waals surface area contributed by atoms with Crippen LogP contribution < -0.4 is 4.74 Å². The van der Waals surface area contributed by atoms with E-state index in [2.05, 4.69) is 18.7 Å². The van der Waals surface area contributed by atoms with E-state index in [0.29, 0.717) is 25.4 Å². The van der Waals surface area contributed by atoms with Crippen LogP contribution in [0, 0.1) is 0 Å². The minimum atomic E-state index is -0.673. The van der Waals surface area contributed by atoms with Crippen molar-refractivity contribution >= 4 is 11.9 Å². The number of rotatable bonds is 5. The van der Waals surface area contributed by atoms with Gasteiger partial charge in [0.1, 0.15) is 11.3 Å². The molecule has 2 saturated heterocycles. The van der Waals surface area contributed by atoms with E-state index in [1.54, 1.807) is 19.1 Å². The summed E-state index contributed by atoms with van der Waals surface area (Å²) >= 11 is 0. The molecule has 2 fully saturated rings. The van der Waals surface area contributed by atoms with Crippen LogP contribution in [0.25, 0.3) is 0 Å². The Labute approximate surface area is 155 Å². The van der Waals surface area contributed by atoms with Gasteiger partial charge in [0.2, 0.25) is 0 Å². The van der Waals surface area contributed by atoms with Gasteiger partial charge in [-0.15, -0.1) is 0 Å². The second-order valence-electron chi connectivity index (χ2n) is 7.41. The van der Waals surface area contributed by atoms with E-state index in [-0.39, 0.29) is 11.9 Å². The molecule has 3 rings (SSSR count). The van der Waals surface area contributed by atoms with Crippen molar-refractivity contribution in [2.75, 3.05) is 27.2 Å². The summed E-state index contributed by atoms with van der Waals surface area (Å²) in [5, 5.41) is 0. The number of imide groups is 1. The highest BCUT2D eigenvalue weighted by molar-refractivity contribution is 6.06. The molecule has 0 saturated carbocycles. The van der Waals surface area contributed by atoms with Gasteiger partial charge in [0.15, 0.2) is 0 Å². The highest BCUT2D eigenvalue weighted by Gasteiger charge is 2.56. The molecule has 1 spiro atoms. The molecule has 3 amide bonds. The minimum absolute atomic E-state index is 0.0513. The first kappa shape index (κ1) is 18.7. The lowest BCUT2D eigenvalue weighted by atomic mass is 9.85. The first-order valence-corrected chi connectivity index (χ1v) is 9.39. The van der Waals surface area contributed by atoms with Crippen LogP contribution in [0.5, 0.6) is 5.75 Å². The molecule has 26 heavy (non-hydrogen) atoms. The molecule has 142 valence electrons. The Morgan fingerprint density at radius 1 is 1.15 bits per heavy atom. The van der Waals surface area contributed by atoms with Crippen molar-refractivity contribution in [1.29, 1.82) is 0 Å². The molecule has 2 aliphatic rings. The molecule has 2 aliphatic heterocycles. The number of carbonyl (C=O) groups is 2. The second-order valence-corrected chi connectivity index (χ2v) is 7.41. The zero-order chi connectivity index (χ0) is 18.9. The number of hydrogen-bond acceptors (Lipinski definition) is 4. The maximum atomic E-state index is 13.2. The zero-order valence-corrected chi connectivity index (χ0v) is 16.2. The molecule has 0 aromatic heterocycles. The Balaban J connectivity index is 1.74. The average molecular weight is 359 g/mol. The van der Waals surface area contributed by atoms with E-state index in [0.717, 1.165) is 30.8 Å². The third kappa shape index (κ3) is 3.07. The smallest absolute Gasteiger partial charge is 0.327 e. The Hall–Kier alpha value is -2.08. The number of methoxy groups -OCH3 is 1. The number of likely N-dealkylation sites (tertiary alicyclic amines) is 1. The summed E-state index contributed by atoms with van der Waals surface area (Å²) in [5.41, 5.74) is 0.253. The van der Waals surface area contributed by atoms with E-state index in [9.17, 15) is 9.59 Å². The highest BCUT2D eigenvalue weighted by Crippen LogP contribution is 2.37. The molecular weight excluding hydrogens is 330 g/mol. The normalized spacial score (nSPS) is 21.5. The number of urea groups is 1. The molecule has 6 nitrogen and oxygen atoms in total. The maximum Gasteiger partial charge on any atom is 0.327 e. The van der Waals surface area contributed by atoms with Crippen LogP contribution in [0.15, 0.2) is 24.3 Å². The van der Waals surface area contributed by atoms with Crippen molar-refractivity contribution in [3.05, 3.63) is 29.8 Å². The number of piperidine rings is 1. The Morgan fingerprint density at radius 2 is 1.77 bits per heavy atom. The van der Waals surface area contributed by atoms with Gasteiger partial charge < -0.3 is 14.5 Å². The zero-order valence-electron chi connectivity index (χ0n) is 16.2. The van der Waals surface area contributed by atoms with Gasteiger partial charge in [-0.1, -0.05) is 19.1 Å². The summed E-state index contributed by atoms with van der Waals surface area (Å²) in [6.07, 6.45) is 2.51. The molecule has 1 atom stereocenters. The number of carbonyl (C=O) groups excluding carboxylic acids is 2. The van der Waals surface area contributed by atoms with Crippen molar-refractivity contribution < 1.29 is 14.3 Å². The van der Waals surface area contributed by atoms with E-state index >= 15 is 0 Å². The average Bonchev–Trinajstić information content (AvgIpc) is 2.85. The van der Waals surface area contributed by atoms with Crippen molar-refractivity contribution in [2.45, 2.75) is 51.2 Å². The Kier molecular flexibility index (Phi) is 5.23. The van der Waals surface area contributed by atoms with Crippen LogP contribution in [-0.4, -0.2) is 65.5 Å². The molecule has 1 aromatic rings. The Morgan fingerprint density at radius 3 is 2.31 bits per heavy atom. The predicted molar refractivity (Wildman–Crippen MR) is 100.0 cm³/mol. The fourth-order valence-corrected chi connectivity index (χ4v) is 4.04. The van der Waals surface area contributed by atoms with E-state index < -0.39 is 5.54 Å². The lowest BCUT2D eigenvalue weighted by Crippen LogP contribution is -2.56. The summed E-state index contributed by atoms with van der Waals surface area (Å²) in [4.78, 5) is 31.5. The SMILES string of the molecule is CC[C@H](C)N1CCC2(CC1)C(=O)N(Cc1ccc(OC)cc1)C(=O)N2C. The van der Waals surface area contributed by atoms with E-state index in [1.165, 1.54) is 4.90 Å². The van der Waals surface area contributed by atoms with Crippen molar-refractivity contribution in [3.8, 4) is 5.75 Å². The van der Waals surface area contributed by atoms with Gasteiger partial charge >= 0.3 is 6.03 Å². The van der Waals surface area contributed by atoms with Crippen LogP contribution in [-0.2, 0) is 11.3 Å². The summed E-state index contributed by atoms with van der Waals surface area (Å²) in [5.74, 6) is 0.712. The van der Waals surface area contributed by atoms with Gasteiger partial charge in [-0.25, -0.2) is 4.79 Å². The number of ether oxygens (including phenoxy) is 1. The third-order valence-corrected chi connectivity index (χ3v) is 6.14. The lowest BCUT2D eigenvalue weighted by molar-refractivity contribution is -0.135. The highest BCUT2D eigenvalue weighted by atomic mass is 16.5. The number of hydrogen-bond donors (Lipinski definition) is 0. The number of nitrogens with zero attached hydrogens (tertiary/aromatic N) is 3. The molecule has 1 aromatic carbocycles. The summed E-state index contributed by atoms with van der Waals surface area (Å²) in [6.45, 7) is 6.42. The van der Waals surface area contributed by atoms with Crippen molar-refractivity contribution in [3.63, 3.8) is 0 Å². The quantitative estimate of drug-likeness (QED) is 0.759. The molecule has 0 radical (unpaired) electrons. The van der Waals surface area contributed by atoms with Gasteiger partial charge in [0.05, 0.1) is 13.7 Å². The van der Waals surface area contributed by atoms with Crippen LogP contribution in [0.4, 0.5) is 4.79 Å². The molecule has 0 bridgehead atoms. The number of amides is 3. The Bertz CT molecular complexity index is 665. The standard InChI is InChI=1S/C20H29N3O3/c1-5-15(2)22-12-10-20(11-13-22)18(24)23(19(25)21(20)3)14-16-6-8-17(26-4)9-7-16/h6-9,15H,5,10-14H2,1-4H3/t15-/m0/s1. The molecule has 0 aliphatic carbocycles. The van der Waals surface area contributed by atoms with Gasteiger partial charge in [-0.3, -0.25) is 9.69 Å².